The first-order valence-electron chi connectivity index (χ1n) is 6.40. The maximum Gasteiger partial charge on any atom is 0.306 e. The zero-order valence-corrected chi connectivity index (χ0v) is 13.9. The van der Waals surface area contributed by atoms with Crippen LogP contribution in [0.2, 0.25) is 0 Å². The Morgan fingerprint density at radius 1 is 1.50 bits per heavy atom. The average Bonchev–Trinajstić information content (AvgIpc) is 2.74. The molecule has 4 nitrogen and oxygen atoms in total. The number of hydrogen-bond donors (Lipinski definition) is 0. The minimum atomic E-state index is -0.648. The molecule has 106 valence electrons. The van der Waals surface area contributed by atoms with Gasteiger partial charge < -0.3 is 9.47 Å². The summed E-state index contributed by atoms with van der Waals surface area (Å²) in [4.78, 5) is 11.2. The number of rotatable bonds is 6. The van der Waals surface area contributed by atoms with E-state index in [9.17, 15) is 4.79 Å². The van der Waals surface area contributed by atoms with Crippen LogP contribution in [0.1, 0.15) is 47.5 Å². The summed E-state index contributed by atoms with van der Waals surface area (Å²) in [5, 5.41) is 0. The predicted molar refractivity (Wildman–Crippen MR) is 77.2 cm³/mol. The number of carbonyl (C=O) groups is 1. The highest BCUT2D eigenvalue weighted by Gasteiger charge is 2.44. The molecule has 0 aromatic rings. The van der Waals surface area contributed by atoms with Gasteiger partial charge in [-0.2, -0.15) is 0 Å². The quantitative estimate of drug-likeness (QED) is 0.408. The van der Waals surface area contributed by atoms with Gasteiger partial charge in [0.1, 0.15) is 23.0 Å². The Hall–Kier alpha value is 0.120. The zero-order chi connectivity index (χ0) is 14.0. The van der Waals surface area contributed by atoms with Gasteiger partial charge in [-0.25, -0.2) is 0 Å². The van der Waals surface area contributed by atoms with Crippen molar-refractivity contribution >= 4 is 29.0 Å². The molecule has 3 atom stereocenters. The lowest BCUT2D eigenvalue weighted by Crippen LogP contribution is -2.47. The van der Waals surface area contributed by atoms with Crippen LogP contribution in [-0.2, 0) is 17.3 Å². The highest BCUT2D eigenvalue weighted by Crippen LogP contribution is 2.38. The molecule has 5 heteroatoms. The number of halogens is 1. The minimum Gasteiger partial charge on any atom is -0.465 e. The molecule has 0 aromatic heterocycles. The van der Waals surface area contributed by atoms with E-state index in [4.69, 9.17) is 12.5 Å². The van der Waals surface area contributed by atoms with Crippen molar-refractivity contribution in [3.05, 3.63) is 0 Å². The van der Waals surface area contributed by atoms with Crippen molar-refractivity contribution in [1.29, 1.82) is 0 Å². The van der Waals surface area contributed by atoms with E-state index >= 15 is 0 Å². The summed E-state index contributed by atoms with van der Waals surface area (Å²) in [6, 6.07) is 0. The van der Waals surface area contributed by atoms with Gasteiger partial charge in [0.05, 0.1) is 18.6 Å². The molecule has 1 heterocycles. The first-order valence-corrected chi connectivity index (χ1v) is 7.28. The summed E-state index contributed by atoms with van der Waals surface area (Å²) >= 11 is 1.89. The van der Waals surface area contributed by atoms with Gasteiger partial charge in [-0.1, -0.05) is 13.8 Å². The topological polar surface area (TPSA) is 44.8 Å². The Morgan fingerprint density at radius 3 is 2.50 bits per heavy atom. The third kappa shape index (κ3) is 3.57. The molecule has 1 saturated heterocycles. The fourth-order valence-corrected chi connectivity index (χ4v) is 2.65. The van der Waals surface area contributed by atoms with E-state index in [0.29, 0.717) is 13.0 Å². The van der Waals surface area contributed by atoms with Crippen molar-refractivity contribution in [1.82, 2.24) is 0 Å². The monoisotopic (exact) mass is 370 g/mol. The van der Waals surface area contributed by atoms with E-state index in [0.717, 1.165) is 6.42 Å². The van der Waals surface area contributed by atoms with Gasteiger partial charge in [0, 0.05) is 11.8 Å². The molecule has 0 amide bonds. The summed E-state index contributed by atoms with van der Waals surface area (Å²) in [6.07, 6.45) is 1.39. The molecule has 0 aliphatic carbocycles. The second-order valence-corrected chi connectivity index (χ2v) is 6.13. The molecular formula is C13H23IO4. The number of carbonyl (C=O) groups excluding carboxylic acids is 1. The number of hydrogen-bond acceptors (Lipinski definition) is 4. The lowest BCUT2D eigenvalue weighted by atomic mass is 9.88. The largest absolute Gasteiger partial charge is 0.465 e. The van der Waals surface area contributed by atoms with Gasteiger partial charge in [0.25, 0.3) is 0 Å². The van der Waals surface area contributed by atoms with Crippen LogP contribution in [0.15, 0.2) is 0 Å². The van der Waals surface area contributed by atoms with Crippen LogP contribution >= 0.6 is 23.0 Å². The van der Waals surface area contributed by atoms with Crippen LogP contribution in [0.5, 0.6) is 0 Å². The standard InChI is InChI=1S/C13H23IO4/c1-6-9(2)13(5,18-14)17-12(3,4)10-7-11(15)16-8-10/h9-10H,6-8H2,1-5H3. The Morgan fingerprint density at radius 2 is 2.11 bits per heavy atom. The second-order valence-electron chi connectivity index (χ2n) is 5.69. The van der Waals surface area contributed by atoms with Crippen molar-refractivity contribution in [2.75, 3.05) is 6.61 Å². The summed E-state index contributed by atoms with van der Waals surface area (Å²) in [7, 11) is 0. The van der Waals surface area contributed by atoms with Crippen LogP contribution in [-0.4, -0.2) is 24.0 Å². The lowest BCUT2D eigenvalue weighted by Gasteiger charge is -2.42. The van der Waals surface area contributed by atoms with Gasteiger partial charge in [-0.3, -0.25) is 7.86 Å². The first-order chi connectivity index (χ1) is 8.25. The van der Waals surface area contributed by atoms with E-state index in [1.165, 1.54) is 0 Å². The van der Waals surface area contributed by atoms with Crippen molar-refractivity contribution < 1.29 is 17.3 Å². The molecule has 1 aliphatic heterocycles. The summed E-state index contributed by atoms with van der Waals surface area (Å²) in [6.45, 7) is 10.6. The Bertz CT molecular complexity index is 305. The third-order valence-electron chi connectivity index (χ3n) is 3.97. The number of ether oxygens (including phenoxy) is 2. The zero-order valence-electron chi connectivity index (χ0n) is 11.8. The molecule has 18 heavy (non-hydrogen) atoms. The van der Waals surface area contributed by atoms with Gasteiger partial charge in [0.2, 0.25) is 0 Å². The molecule has 0 spiro atoms. The minimum absolute atomic E-state index is 0.0833. The van der Waals surface area contributed by atoms with E-state index in [2.05, 4.69) is 13.8 Å². The summed E-state index contributed by atoms with van der Waals surface area (Å²) < 4.78 is 16.8. The van der Waals surface area contributed by atoms with Crippen molar-refractivity contribution in [2.45, 2.75) is 58.8 Å². The molecule has 0 radical (unpaired) electrons. The maximum atomic E-state index is 11.2. The Labute approximate surface area is 123 Å². The Kier molecular flexibility index (Phi) is 5.44. The number of esters is 1. The first kappa shape index (κ1) is 16.2. The van der Waals surface area contributed by atoms with Crippen LogP contribution in [0.3, 0.4) is 0 Å². The van der Waals surface area contributed by atoms with Crippen LogP contribution in [0, 0.1) is 11.8 Å². The molecule has 0 N–H and O–H groups in total. The molecule has 1 rings (SSSR count). The maximum absolute atomic E-state index is 11.2. The van der Waals surface area contributed by atoms with E-state index in [1.807, 2.05) is 43.8 Å². The SMILES string of the molecule is CCC(C)C(C)(OI)OC(C)(C)C1COC(=O)C1. The highest BCUT2D eigenvalue weighted by atomic mass is 127. The summed E-state index contributed by atoms with van der Waals surface area (Å²) in [5.41, 5.74) is -0.449. The molecule has 0 aromatic carbocycles. The molecule has 1 aliphatic rings. The van der Waals surface area contributed by atoms with E-state index in [1.54, 1.807) is 0 Å². The number of cyclic esters (lactones) is 1. The van der Waals surface area contributed by atoms with Gasteiger partial charge >= 0.3 is 5.97 Å². The van der Waals surface area contributed by atoms with Crippen LogP contribution in [0.25, 0.3) is 0 Å². The van der Waals surface area contributed by atoms with E-state index < -0.39 is 11.4 Å². The predicted octanol–water partition coefficient (Wildman–Crippen LogP) is 3.47. The van der Waals surface area contributed by atoms with Crippen LogP contribution < -0.4 is 0 Å². The van der Waals surface area contributed by atoms with Gasteiger partial charge in [-0.05, 0) is 27.2 Å². The fraction of sp³-hybridized carbons (Fsp3) is 0.923. The Balaban J connectivity index is 2.76. The normalized spacial score (nSPS) is 25.7. The second kappa shape index (κ2) is 6.05. The third-order valence-corrected chi connectivity index (χ3v) is 4.84. The molecule has 0 saturated carbocycles. The van der Waals surface area contributed by atoms with Crippen LogP contribution in [0.4, 0.5) is 0 Å². The molecular weight excluding hydrogens is 347 g/mol. The van der Waals surface area contributed by atoms with E-state index in [-0.39, 0.29) is 17.8 Å². The highest BCUT2D eigenvalue weighted by molar-refractivity contribution is 14.1. The summed E-state index contributed by atoms with van der Waals surface area (Å²) in [5.74, 6) is -0.436. The van der Waals surface area contributed by atoms with Crippen molar-refractivity contribution in [3.8, 4) is 0 Å². The lowest BCUT2D eigenvalue weighted by molar-refractivity contribution is -0.253. The molecule has 0 bridgehead atoms. The van der Waals surface area contributed by atoms with Crippen molar-refractivity contribution in [2.24, 2.45) is 11.8 Å². The van der Waals surface area contributed by atoms with Gasteiger partial charge in [-0.15, -0.1) is 0 Å². The average molecular weight is 370 g/mol. The molecule has 1 fully saturated rings. The van der Waals surface area contributed by atoms with Crippen molar-refractivity contribution in [3.63, 3.8) is 0 Å². The molecule has 3 unspecified atom stereocenters. The smallest absolute Gasteiger partial charge is 0.306 e. The van der Waals surface area contributed by atoms with Gasteiger partial charge in [0.15, 0.2) is 5.79 Å². The fourth-order valence-electron chi connectivity index (χ4n) is 2.13.